The Morgan fingerprint density at radius 1 is 0.862 bits per heavy atom. The Balaban J connectivity index is 1.94. The first-order valence-electron chi connectivity index (χ1n) is 8.89. The van der Waals surface area contributed by atoms with E-state index in [1.54, 1.807) is 6.07 Å². The molecule has 29 heavy (non-hydrogen) atoms. The Morgan fingerprint density at radius 3 is 1.83 bits per heavy atom. The molecule has 0 fully saturated rings. The lowest BCUT2D eigenvalue weighted by Gasteiger charge is -2.22. The minimum atomic E-state index is -3.70. The molecule has 0 saturated carbocycles. The first-order valence-corrected chi connectivity index (χ1v) is 11.3. The van der Waals surface area contributed by atoms with Gasteiger partial charge >= 0.3 is 6.29 Å². The summed E-state index contributed by atoms with van der Waals surface area (Å²) in [6.45, 7) is 4.07. The summed E-state index contributed by atoms with van der Waals surface area (Å²) in [5, 5.41) is 3.10. The highest BCUT2D eigenvalue weighted by Crippen LogP contribution is 2.51. The Hall–Kier alpha value is -1.92. The standard InChI is InChI=1S/C22H18F2IO3P/c1-13-4-8-15(9-5-13)29(16-10-6-14(2)7-11-16)18-12-17(26-3)20-21(19(18)25)28-22(23,24)27-20/h4-12H,1-3H3. The van der Waals surface area contributed by atoms with E-state index in [0.29, 0.717) is 3.57 Å². The molecule has 3 aromatic carbocycles. The van der Waals surface area contributed by atoms with Crippen molar-refractivity contribution in [2.24, 2.45) is 0 Å². The molecule has 150 valence electrons. The van der Waals surface area contributed by atoms with Gasteiger partial charge in [-0.25, -0.2) is 0 Å². The fourth-order valence-electron chi connectivity index (χ4n) is 3.16. The van der Waals surface area contributed by atoms with Crippen molar-refractivity contribution in [3.05, 3.63) is 69.3 Å². The van der Waals surface area contributed by atoms with Gasteiger partial charge in [0.25, 0.3) is 0 Å². The van der Waals surface area contributed by atoms with Crippen molar-refractivity contribution in [3.8, 4) is 17.2 Å². The van der Waals surface area contributed by atoms with Crippen molar-refractivity contribution in [3.63, 3.8) is 0 Å². The van der Waals surface area contributed by atoms with Gasteiger partial charge in [-0.15, -0.1) is 8.78 Å². The number of hydrogen-bond acceptors (Lipinski definition) is 3. The van der Waals surface area contributed by atoms with Gasteiger partial charge in [0.2, 0.25) is 5.75 Å². The van der Waals surface area contributed by atoms with Gasteiger partial charge in [0.1, 0.15) is 0 Å². The van der Waals surface area contributed by atoms with E-state index in [2.05, 4.69) is 71.1 Å². The van der Waals surface area contributed by atoms with Gasteiger partial charge in [0.15, 0.2) is 11.5 Å². The third-order valence-electron chi connectivity index (χ3n) is 4.61. The van der Waals surface area contributed by atoms with Crippen LogP contribution < -0.4 is 30.1 Å². The maximum Gasteiger partial charge on any atom is 0.586 e. The van der Waals surface area contributed by atoms with E-state index in [4.69, 9.17) is 14.2 Å². The first kappa shape index (κ1) is 20.4. The van der Waals surface area contributed by atoms with Crippen molar-refractivity contribution >= 4 is 46.4 Å². The summed E-state index contributed by atoms with van der Waals surface area (Å²) in [4.78, 5) is 0. The molecule has 0 amide bonds. The molecule has 4 rings (SSSR count). The zero-order valence-electron chi connectivity index (χ0n) is 16.0. The predicted molar refractivity (Wildman–Crippen MR) is 120 cm³/mol. The third kappa shape index (κ3) is 3.92. The molecule has 3 nitrogen and oxygen atoms in total. The molecule has 0 spiro atoms. The van der Waals surface area contributed by atoms with Crippen LogP contribution in [0, 0.1) is 17.4 Å². The van der Waals surface area contributed by atoms with Crippen LogP contribution in [0.4, 0.5) is 8.78 Å². The average molecular weight is 526 g/mol. The molecule has 0 unspecified atom stereocenters. The summed E-state index contributed by atoms with van der Waals surface area (Å²) in [6.07, 6.45) is -3.70. The van der Waals surface area contributed by atoms with Crippen LogP contribution in [0.15, 0.2) is 54.6 Å². The zero-order valence-corrected chi connectivity index (χ0v) is 19.1. The van der Waals surface area contributed by atoms with Crippen molar-refractivity contribution in [1.82, 2.24) is 0 Å². The van der Waals surface area contributed by atoms with Crippen LogP contribution in [-0.4, -0.2) is 13.4 Å². The number of alkyl halides is 2. The number of benzene rings is 3. The van der Waals surface area contributed by atoms with Gasteiger partial charge in [-0.3, -0.25) is 0 Å². The highest BCUT2D eigenvalue weighted by atomic mass is 127. The van der Waals surface area contributed by atoms with Gasteiger partial charge in [0.05, 0.1) is 10.7 Å². The minimum Gasteiger partial charge on any atom is -0.493 e. The fraction of sp³-hybridized carbons (Fsp3) is 0.182. The van der Waals surface area contributed by atoms with E-state index in [0.717, 1.165) is 27.0 Å². The molecule has 1 aliphatic rings. The maximum atomic E-state index is 13.8. The van der Waals surface area contributed by atoms with Crippen LogP contribution in [0.3, 0.4) is 0 Å². The smallest absolute Gasteiger partial charge is 0.493 e. The first-order chi connectivity index (χ1) is 13.8. The zero-order chi connectivity index (χ0) is 20.8. The van der Waals surface area contributed by atoms with E-state index in [1.165, 1.54) is 7.11 Å². The van der Waals surface area contributed by atoms with E-state index < -0.39 is 14.2 Å². The second-order valence-corrected chi connectivity index (χ2v) is 10.0. The lowest BCUT2D eigenvalue weighted by Crippen LogP contribution is -2.26. The van der Waals surface area contributed by atoms with Crippen LogP contribution >= 0.6 is 30.5 Å². The average Bonchev–Trinajstić information content (AvgIpc) is 3.02. The summed E-state index contributed by atoms with van der Waals surface area (Å²) in [5.41, 5.74) is 2.32. The molecule has 1 heterocycles. The molecule has 0 radical (unpaired) electrons. The predicted octanol–water partition coefficient (Wildman–Crippen LogP) is 5.00. The summed E-state index contributed by atoms with van der Waals surface area (Å²) >= 11 is 2.06. The van der Waals surface area contributed by atoms with Crippen molar-refractivity contribution in [1.29, 1.82) is 0 Å². The molecule has 0 saturated heterocycles. The van der Waals surface area contributed by atoms with Gasteiger partial charge < -0.3 is 14.2 Å². The minimum absolute atomic E-state index is 0.0247. The van der Waals surface area contributed by atoms with Crippen molar-refractivity contribution < 1.29 is 23.0 Å². The quantitative estimate of drug-likeness (QED) is 0.354. The summed E-state index contributed by atoms with van der Waals surface area (Å²) < 4.78 is 43.1. The second-order valence-electron chi connectivity index (χ2n) is 6.74. The Morgan fingerprint density at radius 2 is 1.34 bits per heavy atom. The molecule has 1 aliphatic heterocycles. The van der Waals surface area contributed by atoms with Crippen LogP contribution in [0.2, 0.25) is 0 Å². The maximum absolute atomic E-state index is 13.8. The monoisotopic (exact) mass is 526 g/mol. The van der Waals surface area contributed by atoms with Gasteiger partial charge in [0, 0.05) is 5.30 Å². The third-order valence-corrected chi connectivity index (χ3v) is 8.57. The van der Waals surface area contributed by atoms with Gasteiger partial charge in [-0.2, -0.15) is 0 Å². The van der Waals surface area contributed by atoms with E-state index in [9.17, 15) is 8.78 Å². The number of hydrogen-bond donors (Lipinski definition) is 0. The Kier molecular flexibility index (Phi) is 5.42. The summed E-state index contributed by atoms with van der Waals surface area (Å²) in [6, 6.07) is 18.4. The van der Waals surface area contributed by atoms with Crippen molar-refractivity contribution in [2.75, 3.05) is 7.11 Å². The van der Waals surface area contributed by atoms with Crippen molar-refractivity contribution in [2.45, 2.75) is 20.1 Å². The number of rotatable bonds is 4. The summed E-state index contributed by atoms with van der Waals surface area (Å²) in [5.74, 6) is 0.199. The molecule has 0 aromatic heterocycles. The molecule has 0 atom stereocenters. The Bertz CT molecular complexity index is 1010. The summed E-state index contributed by atoms with van der Waals surface area (Å²) in [7, 11) is 0.418. The van der Waals surface area contributed by atoms with Crippen LogP contribution in [0.5, 0.6) is 17.2 Å². The molecule has 0 N–H and O–H groups in total. The molecule has 3 aromatic rings. The number of halogens is 3. The fourth-order valence-corrected chi connectivity index (χ4v) is 6.68. The molecule has 7 heteroatoms. The SMILES string of the molecule is COc1cc(P(c2ccc(C)cc2)c2ccc(C)cc2)c(I)c2c1OC(F)(F)O2. The van der Waals surface area contributed by atoms with Gasteiger partial charge in [-0.1, -0.05) is 59.7 Å². The number of methoxy groups -OCH3 is 1. The molecular formula is C22H18F2IO3P. The molecular weight excluding hydrogens is 508 g/mol. The van der Waals surface area contributed by atoms with Crippen LogP contribution in [0.1, 0.15) is 11.1 Å². The lowest BCUT2D eigenvalue weighted by atomic mass is 10.2. The highest BCUT2D eigenvalue weighted by molar-refractivity contribution is 14.1. The van der Waals surface area contributed by atoms with E-state index >= 15 is 0 Å². The largest absolute Gasteiger partial charge is 0.586 e. The Labute approximate surface area is 182 Å². The molecule has 0 bridgehead atoms. The number of aryl methyl sites for hydroxylation is 2. The lowest BCUT2D eigenvalue weighted by molar-refractivity contribution is -0.287. The number of ether oxygens (including phenoxy) is 3. The van der Waals surface area contributed by atoms with Crippen LogP contribution in [0.25, 0.3) is 0 Å². The highest BCUT2D eigenvalue weighted by Gasteiger charge is 2.47. The molecule has 0 aliphatic carbocycles. The van der Waals surface area contributed by atoms with Crippen LogP contribution in [-0.2, 0) is 0 Å². The second kappa shape index (κ2) is 7.73. The van der Waals surface area contributed by atoms with E-state index in [1.807, 2.05) is 13.8 Å². The van der Waals surface area contributed by atoms with E-state index in [-0.39, 0.29) is 17.2 Å². The topological polar surface area (TPSA) is 27.7 Å². The number of fused-ring (bicyclic) bond motifs is 1. The van der Waals surface area contributed by atoms with Gasteiger partial charge in [-0.05, 0) is 61.0 Å². The normalized spacial score (nSPS) is 14.3.